The zero-order valence-electron chi connectivity index (χ0n) is 10.2. The Bertz CT molecular complexity index is 598. The number of hydrogen-bond donors (Lipinski definition) is 1. The highest BCUT2D eigenvalue weighted by Gasteiger charge is 2.13. The number of carboxylic acids is 1. The molecule has 1 aromatic heterocycles. The SMILES string of the molecule is CCn1ncnc1COc1cc(Br)ccc1C(=O)O. The molecule has 0 amide bonds. The number of halogens is 1. The maximum atomic E-state index is 11.1. The summed E-state index contributed by atoms with van der Waals surface area (Å²) in [6.07, 6.45) is 1.45. The van der Waals surface area contributed by atoms with Gasteiger partial charge in [-0.3, -0.25) is 0 Å². The van der Waals surface area contributed by atoms with Crippen LogP contribution in [0.1, 0.15) is 23.1 Å². The molecular weight excluding hydrogens is 314 g/mol. The fraction of sp³-hybridized carbons (Fsp3) is 0.250. The molecule has 0 unspecified atom stereocenters. The number of benzene rings is 1. The van der Waals surface area contributed by atoms with Crippen molar-refractivity contribution < 1.29 is 14.6 Å². The molecule has 0 saturated heterocycles. The second-order valence-electron chi connectivity index (χ2n) is 3.73. The van der Waals surface area contributed by atoms with Gasteiger partial charge in [0.25, 0.3) is 0 Å². The minimum atomic E-state index is -1.03. The van der Waals surface area contributed by atoms with Crippen LogP contribution in [0.25, 0.3) is 0 Å². The molecule has 1 aromatic carbocycles. The fourth-order valence-electron chi connectivity index (χ4n) is 1.60. The molecule has 0 aliphatic heterocycles. The van der Waals surface area contributed by atoms with Crippen molar-refractivity contribution in [2.24, 2.45) is 0 Å². The van der Waals surface area contributed by atoms with Gasteiger partial charge >= 0.3 is 5.97 Å². The largest absolute Gasteiger partial charge is 0.485 e. The highest BCUT2D eigenvalue weighted by molar-refractivity contribution is 9.10. The Balaban J connectivity index is 2.19. The van der Waals surface area contributed by atoms with E-state index in [2.05, 4.69) is 26.0 Å². The van der Waals surface area contributed by atoms with E-state index in [1.165, 1.54) is 12.4 Å². The van der Waals surface area contributed by atoms with E-state index in [4.69, 9.17) is 9.84 Å². The summed E-state index contributed by atoms with van der Waals surface area (Å²) in [7, 11) is 0. The van der Waals surface area contributed by atoms with E-state index in [9.17, 15) is 4.79 Å². The first-order valence-corrected chi connectivity index (χ1v) is 6.43. The van der Waals surface area contributed by atoms with Crippen molar-refractivity contribution in [3.63, 3.8) is 0 Å². The van der Waals surface area contributed by atoms with Gasteiger partial charge < -0.3 is 9.84 Å². The smallest absolute Gasteiger partial charge is 0.339 e. The molecule has 19 heavy (non-hydrogen) atoms. The third-order valence-corrected chi connectivity index (χ3v) is 3.02. The summed E-state index contributed by atoms with van der Waals surface area (Å²) < 4.78 is 7.98. The average molecular weight is 326 g/mol. The number of aromatic carboxylic acids is 1. The molecule has 1 heterocycles. The number of aromatic nitrogens is 3. The fourth-order valence-corrected chi connectivity index (χ4v) is 1.94. The van der Waals surface area contributed by atoms with Crippen molar-refractivity contribution in [1.82, 2.24) is 14.8 Å². The van der Waals surface area contributed by atoms with E-state index >= 15 is 0 Å². The first kappa shape index (κ1) is 13.5. The lowest BCUT2D eigenvalue weighted by Gasteiger charge is -2.09. The Hall–Kier alpha value is -1.89. The first-order chi connectivity index (χ1) is 9.11. The topological polar surface area (TPSA) is 77.2 Å². The van der Waals surface area contributed by atoms with Crippen molar-refractivity contribution >= 4 is 21.9 Å². The van der Waals surface area contributed by atoms with Crippen LogP contribution < -0.4 is 4.74 Å². The number of nitrogens with zero attached hydrogens (tertiary/aromatic N) is 3. The molecule has 0 atom stereocenters. The van der Waals surface area contributed by atoms with Gasteiger partial charge in [-0.15, -0.1) is 0 Å². The summed E-state index contributed by atoms with van der Waals surface area (Å²) >= 11 is 3.29. The van der Waals surface area contributed by atoms with Crippen molar-refractivity contribution in [2.45, 2.75) is 20.1 Å². The summed E-state index contributed by atoms with van der Waals surface area (Å²) in [4.78, 5) is 15.2. The molecule has 2 rings (SSSR count). The molecule has 6 nitrogen and oxygen atoms in total. The summed E-state index contributed by atoms with van der Waals surface area (Å²) in [5.74, 6) is -0.0780. The van der Waals surface area contributed by atoms with Crippen molar-refractivity contribution in [3.8, 4) is 5.75 Å². The lowest BCUT2D eigenvalue weighted by Crippen LogP contribution is -2.09. The highest BCUT2D eigenvalue weighted by Crippen LogP contribution is 2.24. The van der Waals surface area contributed by atoms with Gasteiger partial charge in [-0.05, 0) is 25.1 Å². The molecule has 100 valence electrons. The van der Waals surface area contributed by atoms with Gasteiger partial charge in [-0.1, -0.05) is 15.9 Å². The Kier molecular flexibility index (Phi) is 4.16. The molecule has 0 saturated carbocycles. The molecule has 0 fully saturated rings. The Morgan fingerprint density at radius 2 is 2.32 bits per heavy atom. The van der Waals surface area contributed by atoms with Crippen LogP contribution in [0.15, 0.2) is 29.0 Å². The van der Waals surface area contributed by atoms with Gasteiger partial charge in [0.05, 0.1) is 0 Å². The van der Waals surface area contributed by atoms with E-state index in [0.717, 1.165) is 4.47 Å². The predicted molar refractivity (Wildman–Crippen MR) is 71.1 cm³/mol. The quantitative estimate of drug-likeness (QED) is 0.912. The lowest BCUT2D eigenvalue weighted by molar-refractivity contribution is 0.0691. The van der Waals surface area contributed by atoms with E-state index < -0.39 is 5.97 Å². The van der Waals surface area contributed by atoms with Gasteiger partial charge in [0.1, 0.15) is 24.2 Å². The van der Waals surface area contributed by atoms with Gasteiger partial charge in [-0.25, -0.2) is 14.5 Å². The van der Waals surface area contributed by atoms with Crippen LogP contribution in [0, 0.1) is 0 Å². The minimum Gasteiger partial charge on any atom is -0.485 e. The summed E-state index contributed by atoms with van der Waals surface area (Å²) in [5.41, 5.74) is 0.116. The van der Waals surface area contributed by atoms with Crippen LogP contribution in [0.3, 0.4) is 0 Å². The van der Waals surface area contributed by atoms with Crippen LogP contribution in [-0.4, -0.2) is 25.8 Å². The van der Waals surface area contributed by atoms with Crippen LogP contribution >= 0.6 is 15.9 Å². The van der Waals surface area contributed by atoms with Crippen LogP contribution in [0.4, 0.5) is 0 Å². The van der Waals surface area contributed by atoms with E-state index in [-0.39, 0.29) is 12.2 Å². The Morgan fingerprint density at radius 3 is 3.00 bits per heavy atom. The number of ether oxygens (including phenoxy) is 1. The van der Waals surface area contributed by atoms with Crippen molar-refractivity contribution in [2.75, 3.05) is 0 Å². The van der Waals surface area contributed by atoms with E-state index in [1.807, 2.05) is 6.92 Å². The molecule has 7 heteroatoms. The van der Waals surface area contributed by atoms with Crippen LogP contribution in [-0.2, 0) is 13.2 Å². The Labute approximate surface area is 118 Å². The summed E-state index contributed by atoms with van der Waals surface area (Å²) in [5, 5.41) is 13.1. The molecule has 1 N–H and O–H groups in total. The number of hydrogen-bond acceptors (Lipinski definition) is 4. The minimum absolute atomic E-state index is 0.116. The van der Waals surface area contributed by atoms with Crippen molar-refractivity contribution in [1.29, 1.82) is 0 Å². The molecule has 0 bridgehead atoms. The Morgan fingerprint density at radius 1 is 1.53 bits per heavy atom. The number of carbonyl (C=O) groups is 1. The second kappa shape index (κ2) is 5.83. The molecule has 0 aliphatic carbocycles. The highest BCUT2D eigenvalue weighted by atomic mass is 79.9. The zero-order chi connectivity index (χ0) is 13.8. The van der Waals surface area contributed by atoms with Crippen molar-refractivity contribution in [3.05, 3.63) is 40.4 Å². The third-order valence-electron chi connectivity index (χ3n) is 2.53. The van der Waals surface area contributed by atoms with Gasteiger partial charge in [0.15, 0.2) is 5.82 Å². The summed E-state index contributed by atoms with van der Waals surface area (Å²) in [6, 6.07) is 4.77. The lowest BCUT2D eigenvalue weighted by atomic mass is 10.2. The normalized spacial score (nSPS) is 10.4. The average Bonchev–Trinajstić information content (AvgIpc) is 2.83. The zero-order valence-corrected chi connectivity index (χ0v) is 11.8. The van der Waals surface area contributed by atoms with Crippen LogP contribution in [0.5, 0.6) is 5.75 Å². The maximum absolute atomic E-state index is 11.1. The van der Waals surface area contributed by atoms with Gasteiger partial charge in [-0.2, -0.15) is 5.10 Å². The van der Waals surface area contributed by atoms with E-state index in [1.54, 1.807) is 16.8 Å². The monoisotopic (exact) mass is 325 g/mol. The van der Waals surface area contributed by atoms with Crippen LogP contribution in [0.2, 0.25) is 0 Å². The summed E-state index contributed by atoms with van der Waals surface area (Å²) in [6.45, 7) is 2.80. The molecular formula is C12H12BrN3O3. The molecule has 2 aromatic rings. The first-order valence-electron chi connectivity index (χ1n) is 5.64. The maximum Gasteiger partial charge on any atom is 0.339 e. The predicted octanol–water partition coefficient (Wildman–Crippen LogP) is 2.34. The molecule has 0 radical (unpaired) electrons. The number of rotatable bonds is 5. The number of carboxylic acid groups (broad SMARTS) is 1. The number of aryl methyl sites for hydroxylation is 1. The van der Waals surface area contributed by atoms with Gasteiger partial charge in [0, 0.05) is 11.0 Å². The van der Waals surface area contributed by atoms with Gasteiger partial charge in [0.2, 0.25) is 0 Å². The molecule has 0 spiro atoms. The van der Waals surface area contributed by atoms with E-state index in [0.29, 0.717) is 18.1 Å². The molecule has 0 aliphatic rings. The third kappa shape index (κ3) is 3.11. The standard InChI is InChI=1S/C12H12BrN3O3/c1-2-16-11(14-7-15-16)6-19-10-5-8(13)3-4-9(10)12(17)18/h3-5,7H,2,6H2,1H3,(H,17,18). The second-order valence-corrected chi connectivity index (χ2v) is 4.64.